The van der Waals surface area contributed by atoms with Crippen molar-refractivity contribution in [2.75, 3.05) is 0 Å². The number of rotatable bonds is 4. The Morgan fingerprint density at radius 1 is 1.62 bits per heavy atom. The third-order valence-electron chi connectivity index (χ3n) is 3.75. The smallest absolute Gasteiger partial charge is 0.352 e. The van der Waals surface area contributed by atoms with Gasteiger partial charge in [0.1, 0.15) is 5.69 Å². The van der Waals surface area contributed by atoms with Crippen molar-refractivity contribution in [2.24, 2.45) is 5.41 Å². The maximum Gasteiger partial charge on any atom is 0.352 e. The SMILES string of the molecule is CCC1(Cn2cc(Br)cc2C(=O)O)CCC1. The molecule has 0 aliphatic heterocycles. The molecule has 1 N–H and O–H groups in total. The molecule has 0 aromatic carbocycles. The van der Waals surface area contributed by atoms with E-state index in [2.05, 4.69) is 22.9 Å². The third kappa shape index (κ3) is 2.03. The summed E-state index contributed by atoms with van der Waals surface area (Å²) in [5, 5.41) is 9.10. The summed E-state index contributed by atoms with van der Waals surface area (Å²) in [5.41, 5.74) is 0.717. The molecule has 16 heavy (non-hydrogen) atoms. The first-order chi connectivity index (χ1) is 7.56. The molecule has 0 amide bonds. The predicted octanol–water partition coefficient (Wildman–Crippen LogP) is 3.53. The Hall–Kier alpha value is -0.770. The summed E-state index contributed by atoms with van der Waals surface area (Å²) in [5.74, 6) is -0.851. The molecule has 1 saturated carbocycles. The van der Waals surface area contributed by atoms with Gasteiger partial charge in [-0.2, -0.15) is 0 Å². The van der Waals surface area contributed by atoms with Crippen LogP contribution in [0.5, 0.6) is 0 Å². The topological polar surface area (TPSA) is 42.2 Å². The lowest BCUT2D eigenvalue weighted by molar-refractivity contribution is 0.0661. The molecule has 1 aliphatic carbocycles. The molecule has 0 unspecified atom stereocenters. The van der Waals surface area contributed by atoms with Crippen LogP contribution >= 0.6 is 15.9 Å². The van der Waals surface area contributed by atoms with Crippen molar-refractivity contribution in [1.82, 2.24) is 4.57 Å². The van der Waals surface area contributed by atoms with Crippen molar-refractivity contribution in [2.45, 2.75) is 39.2 Å². The summed E-state index contributed by atoms with van der Waals surface area (Å²) in [6.45, 7) is 3.02. The van der Waals surface area contributed by atoms with Gasteiger partial charge in [-0.15, -0.1) is 0 Å². The van der Waals surface area contributed by atoms with Crippen molar-refractivity contribution >= 4 is 21.9 Å². The molecule has 0 saturated heterocycles. The van der Waals surface area contributed by atoms with Gasteiger partial charge in [0.25, 0.3) is 0 Å². The van der Waals surface area contributed by atoms with Crippen LogP contribution in [0.15, 0.2) is 16.7 Å². The van der Waals surface area contributed by atoms with Crippen LogP contribution in [-0.2, 0) is 6.54 Å². The van der Waals surface area contributed by atoms with E-state index in [0.29, 0.717) is 11.1 Å². The van der Waals surface area contributed by atoms with Gasteiger partial charge in [0.2, 0.25) is 0 Å². The molecule has 0 spiro atoms. The van der Waals surface area contributed by atoms with Crippen LogP contribution in [0, 0.1) is 5.41 Å². The molecular formula is C12H16BrNO2. The van der Waals surface area contributed by atoms with Gasteiger partial charge in [-0.3, -0.25) is 0 Å². The Morgan fingerprint density at radius 3 is 2.75 bits per heavy atom. The molecule has 1 aromatic rings. The van der Waals surface area contributed by atoms with Gasteiger partial charge >= 0.3 is 5.97 Å². The van der Waals surface area contributed by atoms with E-state index in [9.17, 15) is 4.79 Å². The lowest BCUT2D eigenvalue weighted by Gasteiger charge is -2.41. The largest absolute Gasteiger partial charge is 0.477 e. The Labute approximate surface area is 104 Å². The van der Waals surface area contributed by atoms with Crippen LogP contribution in [0.2, 0.25) is 0 Å². The number of hydrogen-bond acceptors (Lipinski definition) is 1. The van der Waals surface area contributed by atoms with Crippen LogP contribution in [-0.4, -0.2) is 15.6 Å². The average Bonchev–Trinajstić information content (AvgIpc) is 2.53. The van der Waals surface area contributed by atoms with Crippen molar-refractivity contribution in [1.29, 1.82) is 0 Å². The number of aromatic carboxylic acids is 1. The zero-order valence-electron chi connectivity index (χ0n) is 9.37. The molecule has 3 nitrogen and oxygen atoms in total. The highest BCUT2D eigenvalue weighted by molar-refractivity contribution is 9.10. The third-order valence-corrected chi connectivity index (χ3v) is 4.19. The Balaban J connectivity index is 2.23. The first-order valence-corrected chi connectivity index (χ1v) is 6.45. The number of carboxylic acid groups (broad SMARTS) is 1. The van der Waals surface area contributed by atoms with Crippen LogP contribution in [0.1, 0.15) is 43.1 Å². The van der Waals surface area contributed by atoms with Gasteiger partial charge in [0.05, 0.1) is 0 Å². The number of nitrogens with zero attached hydrogens (tertiary/aromatic N) is 1. The van der Waals surface area contributed by atoms with E-state index >= 15 is 0 Å². The van der Waals surface area contributed by atoms with Gasteiger partial charge < -0.3 is 9.67 Å². The quantitative estimate of drug-likeness (QED) is 0.920. The minimum Gasteiger partial charge on any atom is -0.477 e. The number of halogens is 1. The second-order valence-corrected chi connectivity index (χ2v) is 5.60. The molecular weight excluding hydrogens is 270 g/mol. The lowest BCUT2D eigenvalue weighted by Crippen LogP contribution is -2.34. The molecule has 0 atom stereocenters. The van der Waals surface area contributed by atoms with Crippen LogP contribution in [0.3, 0.4) is 0 Å². The molecule has 0 radical (unpaired) electrons. The maximum atomic E-state index is 11.1. The zero-order valence-corrected chi connectivity index (χ0v) is 11.0. The van der Waals surface area contributed by atoms with E-state index in [-0.39, 0.29) is 0 Å². The highest BCUT2D eigenvalue weighted by Gasteiger charge is 2.36. The molecule has 4 heteroatoms. The Kier molecular flexibility index (Phi) is 3.10. The number of aromatic nitrogens is 1. The first kappa shape index (κ1) is 11.7. The van der Waals surface area contributed by atoms with E-state index in [1.165, 1.54) is 19.3 Å². The van der Waals surface area contributed by atoms with Crippen molar-refractivity contribution < 1.29 is 9.90 Å². The minimum absolute atomic E-state index is 0.336. The van der Waals surface area contributed by atoms with Crippen LogP contribution in [0.4, 0.5) is 0 Å². The summed E-state index contributed by atoms with van der Waals surface area (Å²) in [7, 11) is 0. The number of hydrogen-bond donors (Lipinski definition) is 1. The molecule has 0 bridgehead atoms. The van der Waals surface area contributed by atoms with Crippen molar-refractivity contribution in [3.05, 3.63) is 22.4 Å². The summed E-state index contributed by atoms with van der Waals surface area (Å²) in [4.78, 5) is 11.1. The van der Waals surface area contributed by atoms with Gasteiger partial charge in [0, 0.05) is 17.2 Å². The maximum absolute atomic E-state index is 11.1. The lowest BCUT2D eigenvalue weighted by atomic mass is 9.67. The Morgan fingerprint density at radius 2 is 2.31 bits per heavy atom. The molecule has 1 aromatic heterocycles. The van der Waals surface area contributed by atoms with E-state index in [1.807, 2.05) is 10.8 Å². The van der Waals surface area contributed by atoms with Crippen LogP contribution in [0.25, 0.3) is 0 Å². The highest BCUT2D eigenvalue weighted by Crippen LogP contribution is 2.45. The van der Waals surface area contributed by atoms with Gasteiger partial charge in [-0.05, 0) is 46.7 Å². The standard InChI is InChI=1S/C12H16BrNO2/c1-2-12(4-3-5-12)8-14-7-9(13)6-10(14)11(15)16/h6-7H,2-5,8H2,1H3,(H,15,16). The van der Waals surface area contributed by atoms with E-state index in [4.69, 9.17) is 5.11 Å². The first-order valence-electron chi connectivity index (χ1n) is 5.65. The molecule has 1 heterocycles. The fourth-order valence-electron chi connectivity index (χ4n) is 2.45. The fraction of sp³-hybridized carbons (Fsp3) is 0.583. The zero-order chi connectivity index (χ0) is 11.8. The predicted molar refractivity (Wildman–Crippen MR) is 65.7 cm³/mol. The fourth-order valence-corrected chi connectivity index (χ4v) is 2.91. The van der Waals surface area contributed by atoms with Gasteiger partial charge in [0.15, 0.2) is 0 Å². The van der Waals surface area contributed by atoms with E-state index < -0.39 is 5.97 Å². The van der Waals surface area contributed by atoms with E-state index in [1.54, 1.807) is 6.07 Å². The van der Waals surface area contributed by atoms with Gasteiger partial charge in [-0.25, -0.2) is 4.79 Å². The summed E-state index contributed by atoms with van der Waals surface area (Å²) >= 11 is 3.34. The second-order valence-electron chi connectivity index (χ2n) is 4.68. The van der Waals surface area contributed by atoms with Crippen molar-refractivity contribution in [3.8, 4) is 0 Å². The minimum atomic E-state index is -0.851. The number of carbonyl (C=O) groups is 1. The summed E-state index contributed by atoms with van der Waals surface area (Å²) in [6.07, 6.45) is 6.72. The normalized spacial score (nSPS) is 18.1. The van der Waals surface area contributed by atoms with Crippen molar-refractivity contribution in [3.63, 3.8) is 0 Å². The van der Waals surface area contributed by atoms with E-state index in [0.717, 1.165) is 17.4 Å². The highest BCUT2D eigenvalue weighted by atomic mass is 79.9. The monoisotopic (exact) mass is 285 g/mol. The van der Waals surface area contributed by atoms with Gasteiger partial charge in [-0.1, -0.05) is 13.3 Å². The van der Waals surface area contributed by atoms with Crippen LogP contribution < -0.4 is 0 Å². The molecule has 88 valence electrons. The number of carboxylic acids is 1. The average molecular weight is 286 g/mol. The molecule has 2 rings (SSSR count). The summed E-state index contributed by atoms with van der Waals surface area (Å²) < 4.78 is 2.71. The second kappa shape index (κ2) is 4.24. The summed E-state index contributed by atoms with van der Waals surface area (Å²) in [6, 6.07) is 1.67. The Bertz CT molecular complexity index is 402. The molecule has 1 fully saturated rings. The molecule has 1 aliphatic rings.